The number of pyridine rings is 1. The maximum Gasteiger partial charge on any atom is 0.272 e. The molecular weight excluding hydrogens is 540 g/mol. The van der Waals surface area contributed by atoms with Gasteiger partial charge >= 0.3 is 0 Å². The van der Waals surface area contributed by atoms with Gasteiger partial charge in [0.1, 0.15) is 16.4 Å². The number of thiazole rings is 1. The van der Waals surface area contributed by atoms with Crippen molar-refractivity contribution < 1.29 is 14.3 Å². The number of amides is 2. The Kier molecular flexibility index (Phi) is 7.54. The Morgan fingerprint density at radius 2 is 1.85 bits per heavy atom. The molecule has 3 aliphatic rings. The van der Waals surface area contributed by atoms with Crippen molar-refractivity contribution in [2.45, 2.75) is 19.4 Å². The number of carbonyl (C=O) groups excluding carboxylic acids is 2. The second-order valence-electron chi connectivity index (χ2n) is 10.8. The number of nitrogens with zero attached hydrogens (tertiary/aromatic N) is 7. The van der Waals surface area contributed by atoms with E-state index >= 15 is 0 Å². The molecule has 3 aliphatic heterocycles. The van der Waals surface area contributed by atoms with E-state index in [2.05, 4.69) is 32.1 Å². The van der Waals surface area contributed by atoms with Crippen LogP contribution in [0.1, 0.15) is 33.4 Å². The minimum atomic E-state index is -0.109. The summed E-state index contributed by atoms with van der Waals surface area (Å²) in [5.74, 6) is 1.72. The van der Waals surface area contributed by atoms with E-state index in [0.717, 1.165) is 51.4 Å². The summed E-state index contributed by atoms with van der Waals surface area (Å²) in [4.78, 5) is 46.4. The molecular formula is C29H36N8O3S. The number of anilines is 5. The average molecular weight is 577 g/mol. The van der Waals surface area contributed by atoms with Crippen molar-refractivity contribution in [2.24, 2.45) is 0 Å². The van der Waals surface area contributed by atoms with Crippen molar-refractivity contribution in [3.8, 4) is 5.75 Å². The number of hydrogen-bond acceptors (Lipinski definition) is 10. The third-order valence-corrected chi connectivity index (χ3v) is 9.05. The lowest BCUT2D eigenvalue weighted by molar-refractivity contribution is 0.0754. The number of fused-ring (bicyclic) bond motifs is 2. The van der Waals surface area contributed by atoms with Crippen molar-refractivity contribution in [2.75, 3.05) is 82.1 Å². The predicted molar refractivity (Wildman–Crippen MR) is 161 cm³/mol. The topological polar surface area (TPSA) is 97.4 Å². The zero-order valence-corrected chi connectivity index (χ0v) is 24.8. The molecule has 6 rings (SSSR count). The molecule has 5 heterocycles. The van der Waals surface area contributed by atoms with Crippen LogP contribution < -0.4 is 19.9 Å². The summed E-state index contributed by atoms with van der Waals surface area (Å²) in [5.41, 5.74) is 4.51. The lowest BCUT2D eigenvalue weighted by Crippen LogP contribution is -2.50. The molecule has 2 fully saturated rings. The highest BCUT2D eigenvalue weighted by Crippen LogP contribution is 2.41. The van der Waals surface area contributed by atoms with Gasteiger partial charge in [0.25, 0.3) is 11.8 Å². The van der Waals surface area contributed by atoms with E-state index in [1.54, 1.807) is 23.7 Å². The first kappa shape index (κ1) is 27.4. The number of aromatic nitrogens is 2. The smallest absolute Gasteiger partial charge is 0.272 e. The minimum Gasteiger partial charge on any atom is -0.492 e. The molecule has 2 saturated heterocycles. The molecule has 0 unspecified atom stereocenters. The van der Waals surface area contributed by atoms with Crippen molar-refractivity contribution in [3.63, 3.8) is 0 Å². The fourth-order valence-electron chi connectivity index (χ4n) is 5.80. The Hall–Kier alpha value is -3.74. The Bertz CT molecular complexity index is 1450. The molecule has 11 nitrogen and oxygen atoms in total. The van der Waals surface area contributed by atoms with Crippen LogP contribution in [0.5, 0.6) is 5.75 Å². The molecule has 1 N–H and O–H groups in total. The van der Waals surface area contributed by atoms with Crippen LogP contribution in [-0.4, -0.2) is 110 Å². The monoisotopic (exact) mass is 576 g/mol. The van der Waals surface area contributed by atoms with E-state index in [1.165, 1.54) is 11.3 Å². The van der Waals surface area contributed by atoms with E-state index in [-0.39, 0.29) is 11.8 Å². The summed E-state index contributed by atoms with van der Waals surface area (Å²) in [6, 6.07) is 7.86. The fraction of sp³-hybridized carbons (Fsp3) is 0.448. The molecule has 0 spiro atoms. The summed E-state index contributed by atoms with van der Waals surface area (Å²) in [7, 11) is 5.80. The molecule has 1 aromatic carbocycles. The second-order valence-corrected chi connectivity index (χ2v) is 11.6. The van der Waals surface area contributed by atoms with Crippen LogP contribution in [0.4, 0.5) is 28.7 Å². The Morgan fingerprint density at radius 3 is 2.63 bits per heavy atom. The first-order valence-corrected chi connectivity index (χ1v) is 14.9. The molecule has 0 aliphatic carbocycles. The number of carbonyl (C=O) groups is 2. The summed E-state index contributed by atoms with van der Waals surface area (Å²) >= 11 is 1.33. The van der Waals surface area contributed by atoms with Crippen LogP contribution in [0.3, 0.4) is 0 Å². The predicted octanol–water partition coefficient (Wildman–Crippen LogP) is 3.50. The minimum absolute atomic E-state index is 0.0330. The summed E-state index contributed by atoms with van der Waals surface area (Å²) in [5, 5.41) is 3.36. The highest BCUT2D eigenvalue weighted by Gasteiger charge is 2.33. The highest BCUT2D eigenvalue weighted by molar-refractivity contribution is 7.12. The first-order chi connectivity index (χ1) is 19.8. The molecule has 41 heavy (non-hydrogen) atoms. The average Bonchev–Trinajstić information content (AvgIpc) is 3.67. The van der Waals surface area contributed by atoms with Crippen molar-refractivity contribution in [1.82, 2.24) is 24.7 Å². The van der Waals surface area contributed by atoms with E-state index in [4.69, 9.17) is 4.74 Å². The van der Waals surface area contributed by atoms with E-state index < -0.39 is 0 Å². The molecule has 1 atom stereocenters. The largest absolute Gasteiger partial charge is 0.492 e. The number of likely N-dealkylation sites (tertiary alicyclic amines) is 1. The van der Waals surface area contributed by atoms with Gasteiger partial charge in [-0.2, -0.15) is 0 Å². The molecule has 3 aromatic rings. The maximum atomic E-state index is 13.5. The number of hydrogen-bond donors (Lipinski definition) is 1. The molecule has 216 valence electrons. The van der Waals surface area contributed by atoms with Gasteiger partial charge in [-0.05, 0) is 38.6 Å². The van der Waals surface area contributed by atoms with Crippen LogP contribution in [-0.2, 0) is 0 Å². The fourth-order valence-corrected chi connectivity index (χ4v) is 6.59. The highest BCUT2D eigenvalue weighted by atomic mass is 32.1. The van der Waals surface area contributed by atoms with Crippen molar-refractivity contribution in [3.05, 3.63) is 46.4 Å². The number of rotatable bonds is 6. The molecule has 2 amide bonds. The number of nitrogens with one attached hydrogen (secondary N) is 1. The van der Waals surface area contributed by atoms with Gasteiger partial charge in [0.15, 0.2) is 5.82 Å². The number of piperazine rings is 1. The third-order valence-electron chi connectivity index (χ3n) is 8.25. The lowest BCUT2D eigenvalue weighted by atomic mass is 10.1. The van der Waals surface area contributed by atoms with Crippen LogP contribution in [0.25, 0.3) is 0 Å². The molecule has 12 heteroatoms. The lowest BCUT2D eigenvalue weighted by Gasteiger charge is -2.36. The SMILES string of the molecule is CCOc1cc(C(=O)N2CC[C@@H](N3CCN(C)CC3)C2)ccc1Nc1cc2c(cn1)N(C)C(=O)c1scnc1N2C. The molecule has 0 radical (unpaired) electrons. The van der Waals surface area contributed by atoms with Crippen LogP contribution in [0.2, 0.25) is 0 Å². The molecule has 0 saturated carbocycles. The summed E-state index contributed by atoms with van der Waals surface area (Å²) in [6.07, 6.45) is 2.69. The van der Waals surface area contributed by atoms with Crippen LogP contribution >= 0.6 is 11.3 Å². The van der Waals surface area contributed by atoms with E-state index in [9.17, 15) is 9.59 Å². The van der Waals surface area contributed by atoms with Gasteiger partial charge in [-0.15, -0.1) is 11.3 Å². The van der Waals surface area contributed by atoms with Crippen molar-refractivity contribution in [1.29, 1.82) is 0 Å². The third kappa shape index (κ3) is 5.22. The van der Waals surface area contributed by atoms with Gasteiger partial charge in [-0.25, -0.2) is 9.97 Å². The summed E-state index contributed by atoms with van der Waals surface area (Å²) in [6.45, 7) is 8.18. The van der Waals surface area contributed by atoms with Gasteiger partial charge in [-0.1, -0.05) is 0 Å². The first-order valence-electron chi connectivity index (χ1n) is 14.0. The van der Waals surface area contributed by atoms with Gasteiger partial charge < -0.3 is 29.7 Å². The molecule has 0 bridgehead atoms. The Morgan fingerprint density at radius 1 is 1.05 bits per heavy atom. The quantitative estimate of drug-likeness (QED) is 0.473. The number of likely N-dealkylation sites (N-methyl/N-ethyl adjacent to an activating group) is 1. The van der Waals surface area contributed by atoms with E-state index in [1.807, 2.05) is 48.0 Å². The standard InChI is InChI=1S/C29H36N8O3S/c1-5-40-24-14-19(28(38)37-9-8-20(17-37)36-12-10-33(2)11-13-36)6-7-21(24)32-25-15-22-23(16-30-25)35(4)29(39)26-27(34(22)3)31-18-41-26/h6-7,14-16,18,20H,5,8-13,17H2,1-4H3,(H,30,32)/t20-/m1/s1. The Balaban J connectivity index is 1.20. The maximum absolute atomic E-state index is 13.5. The van der Waals surface area contributed by atoms with Crippen LogP contribution in [0.15, 0.2) is 36.0 Å². The zero-order valence-electron chi connectivity index (χ0n) is 24.0. The second kappa shape index (κ2) is 11.3. The zero-order chi connectivity index (χ0) is 28.7. The Labute approximate surface area is 244 Å². The van der Waals surface area contributed by atoms with Gasteiger partial charge in [-0.3, -0.25) is 14.5 Å². The van der Waals surface area contributed by atoms with Gasteiger partial charge in [0, 0.05) is 71.0 Å². The van der Waals surface area contributed by atoms with Gasteiger partial charge in [0.2, 0.25) is 0 Å². The van der Waals surface area contributed by atoms with Gasteiger partial charge in [0.05, 0.1) is 35.4 Å². The summed E-state index contributed by atoms with van der Waals surface area (Å²) < 4.78 is 5.96. The molecule has 2 aromatic heterocycles. The number of benzene rings is 1. The number of ether oxygens (including phenoxy) is 1. The van der Waals surface area contributed by atoms with E-state index in [0.29, 0.717) is 51.8 Å². The normalized spacial score (nSPS) is 19.7. The van der Waals surface area contributed by atoms with Crippen molar-refractivity contribution >= 4 is 51.8 Å². The van der Waals surface area contributed by atoms with Crippen LogP contribution in [0, 0.1) is 0 Å².